The van der Waals surface area contributed by atoms with Crippen LogP contribution in [0.4, 0.5) is 17.6 Å². The van der Waals surface area contributed by atoms with Gasteiger partial charge in [0.1, 0.15) is 6.67 Å². The predicted molar refractivity (Wildman–Crippen MR) is 32.6 cm³/mol. The van der Waals surface area contributed by atoms with Crippen LogP contribution in [0.2, 0.25) is 0 Å². The molecule has 56 valence electrons. The summed E-state index contributed by atoms with van der Waals surface area (Å²) in [6.45, 7) is -1.53. The Hall–Kier alpha value is 0.680. The van der Waals surface area contributed by atoms with E-state index in [1.165, 1.54) is 0 Å². The molecule has 0 fully saturated rings. The van der Waals surface area contributed by atoms with Crippen LogP contribution >= 0.6 is 31.9 Å². The lowest BCUT2D eigenvalue weighted by Crippen LogP contribution is -2.34. The lowest BCUT2D eigenvalue weighted by atomic mass is 10.5. The third-order valence-corrected chi connectivity index (χ3v) is 1.91. The summed E-state index contributed by atoms with van der Waals surface area (Å²) in [7, 11) is 0. The molecule has 0 rings (SSSR count). The summed E-state index contributed by atoms with van der Waals surface area (Å²) in [6, 6.07) is 0. The molecule has 0 heterocycles. The van der Waals surface area contributed by atoms with Gasteiger partial charge in [0.2, 0.25) is 3.23 Å². The Morgan fingerprint density at radius 3 is 1.44 bits per heavy atom. The second-order valence-electron chi connectivity index (χ2n) is 1.34. The largest absolute Gasteiger partial charge is 0.416 e. The van der Waals surface area contributed by atoms with E-state index < -0.39 is 16.1 Å². The van der Waals surface area contributed by atoms with Crippen molar-refractivity contribution in [3.05, 3.63) is 0 Å². The maximum absolute atomic E-state index is 11.5. The lowest BCUT2D eigenvalue weighted by Gasteiger charge is -2.19. The van der Waals surface area contributed by atoms with Crippen LogP contribution in [0.3, 0.4) is 0 Å². The van der Waals surface area contributed by atoms with Crippen LogP contribution in [0, 0.1) is 0 Å². The van der Waals surface area contributed by atoms with Gasteiger partial charge in [-0.1, -0.05) is 31.9 Å². The number of halogens is 6. The SMILES string of the molecule is FCC(Br)(Br)C(F)(F)F. The standard InChI is InChI=1S/C3H2Br2F4/c4-2(5,1-6)3(7,8)9/h1H2. The number of rotatable bonds is 1. The highest BCUT2D eigenvalue weighted by atomic mass is 79.9. The van der Waals surface area contributed by atoms with E-state index >= 15 is 0 Å². The Kier molecular flexibility index (Phi) is 2.94. The number of hydrogen-bond acceptors (Lipinski definition) is 0. The molecule has 0 aliphatic heterocycles. The monoisotopic (exact) mass is 272 g/mol. The van der Waals surface area contributed by atoms with Crippen molar-refractivity contribution in [1.82, 2.24) is 0 Å². The van der Waals surface area contributed by atoms with Gasteiger partial charge in [0.05, 0.1) is 0 Å². The highest BCUT2D eigenvalue weighted by Crippen LogP contribution is 2.43. The molecule has 0 amide bonds. The van der Waals surface area contributed by atoms with E-state index in [9.17, 15) is 17.6 Å². The van der Waals surface area contributed by atoms with Gasteiger partial charge in [-0.2, -0.15) is 13.2 Å². The molecule has 0 N–H and O–H groups in total. The quantitative estimate of drug-likeness (QED) is 0.509. The molecule has 0 bridgehead atoms. The number of alkyl halides is 6. The summed E-state index contributed by atoms with van der Waals surface area (Å²) >= 11 is 4.24. The van der Waals surface area contributed by atoms with Crippen LogP contribution in [0.1, 0.15) is 0 Å². The molecule has 6 heteroatoms. The molecule has 0 aromatic carbocycles. The third-order valence-electron chi connectivity index (χ3n) is 0.583. The summed E-state index contributed by atoms with van der Waals surface area (Å²) in [5.41, 5.74) is 0. The molecule has 0 saturated heterocycles. The minimum absolute atomic E-state index is 1.53. The van der Waals surface area contributed by atoms with Crippen LogP contribution in [-0.4, -0.2) is 16.1 Å². The van der Waals surface area contributed by atoms with E-state index in [4.69, 9.17) is 0 Å². The molecule has 0 nitrogen and oxygen atoms in total. The molecule has 9 heavy (non-hydrogen) atoms. The van der Waals surface area contributed by atoms with Gasteiger partial charge in [-0.15, -0.1) is 0 Å². The Balaban J connectivity index is 4.14. The topological polar surface area (TPSA) is 0 Å². The average Bonchev–Trinajstić information content (AvgIpc) is 1.64. The van der Waals surface area contributed by atoms with Crippen molar-refractivity contribution in [2.75, 3.05) is 6.67 Å². The molecule has 0 saturated carbocycles. The predicted octanol–water partition coefficient (Wildman–Crippen LogP) is 3.00. The highest BCUT2D eigenvalue weighted by molar-refractivity contribution is 9.25. The van der Waals surface area contributed by atoms with Crippen LogP contribution in [-0.2, 0) is 0 Å². The van der Waals surface area contributed by atoms with E-state index in [0.717, 1.165) is 0 Å². The van der Waals surface area contributed by atoms with Gasteiger partial charge in [0.15, 0.2) is 0 Å². The van der Waals surface area contributed by atoms with Crippen LogP contribution in [0.25, 0.3) is 0 Å². The van der Waals surface area contributed by atoms with Gasteiger partial charge < -0.3 is 0 Å². The van der Waals surface area contributed by atoms with Gasteiger partial charge >= 0.3 is 6.18 Å². The van der Waals surface area contributed by atoms with Crippen molar-refractivity contribution in [2.45, 2.75) is 9.41 Å². The smallest absolute Gasteiger partial charge is 0.248 e. The Morgan fingerprint density at radius 1 is 1.11 bits per heavy atom. The Labute approximate surface area is 65.9 Å². The molecule has 0 aromatic heterocycles. The first-order valence-electron chi connectivity index (χ1n) is 1.82. The Morgan fingerprint density at radius 2 is 1.44 bits per heavy atom. The average molecular weight is 274 g/mol. The fourth-order valence-corrected chi connectivity index (χ4v) is 0.0758. The summed E-state index contributed by atoms with van der Waals surface area (Å²) in [5.74, 6) is 0. The van der Waals surface area contributed by atoms with E-state index in [-0.39, 0.29) is 0 Å². The van der Waals surface area contributed by atoms with Crippen molar-refractivity contribution in [3.8, 4) is 0 Å². The molecule has 0 aromatic rings. The van der Waals surface area contributed by atoms with Gasteiger partial charge in [-0.25, -0.2) is 4.39 Å². The fraction of sp³-hybridized carbons (Fsp3) is 1.00. The molecular formula is C3H2Br2F4. The van der Waals surface area contributed by atoms with Crippen molar-refractivity contribution in [1.29, 1.82) is 0 Å². The molecule has 0 unspecified atom stereocenters. The molecule has 0 atom stereocenters. The fourth-order valence-electron chi connectivity index (χ4n) is 0.0758. The van der Waals surface area contributed by atoms with Crippen molar-refractivity contribution in [2.24, 2.45) is 0 Å². The Bertz CT molecular complexity index is 96.5. The summed E-state index contributed by atoms with van der Waals surface area (Å²) < 4.78 is 43.4. The van der Waals surface area contributed by atoms with E-state index in [0.29, 0.717) is 0 Å². The normalized spacial score (nSPS) is 14.0. The zero-order chi connectivity index (χ0) is 7.71. The van der Waals surface area contributed by atoms with Crippen LogP contribution in [0.5, 0.6) is 0 Å². The lowest BCUT2D eigenvalue weighted by molar-refractivity contribution is -0.136. The number of hydrogen-bond donors (Lipinski definition) is 0. The van der Waals surface area contributed by atoms with Crippen LogP contribution < -0.4 is 0 Å². The van der Waals surface area contributed by atoms with Gasteiger partial charge in [0.25, 0.3) is 0 Å². The molecular weight excluding hydrogens is 272 g/mol. The minimum atomic E-state index is -4.60. The van der Waals surface area contributed by atoms with E-state index in [2.05, 4.69) is 31.9 Å². The second-order valence-corrected chi connectivity index (χ2v) is 5.11. The maximum atomic E-state index is 11.5. The van der Waals surface area contributed by atoms with Crippen molar-refractivity contribution >= 4 is 31.9 Å². The molecule has 0 aliphatic rings. The first-order valence-corrected chi connectivity index (χ1v) is 3.40. The zero-order valence-corrected chi connectivity index (χ0v) is 7.15. The van der Waals surface area contributed by atoms with E-state index in [1.54, 1.807) is 0 Å². The summed E-state index contributed by atoms with van der Waals surface area (Å²) in [4.78, 5) is 0. The second kappa shape index (κ2) is 2.74. The van der Waals surface area contributed by atoms with Crippen molar-refractivity contribution < 1.29 is 17.6 Å². The van der Waals surface area contributed by atoms with E-state index in [1.807, 2.05) is 0 Å². The summed E-state index contributed by atoms with van der Waals surface area (Å²) in [5, 5.41) is 0. The molecule has 0 aliphatic carbocycles. The van der Waals surface area contributed by atoms with Gasteiger partial charge in [-0.05, 0) is 0 Å². The highest BCUT2D eigenvalue weighted by Gasteiger charge is 2.51. The third kappa shape index (κ3) is 2.41. The summed E-state index contributed by atoms with van der Waals surface area (Å²) in [6.07, 6.45) is -4.60. The van der Waals surface area contributed by atoms with Crippen molar-refractivity contribution in [3.63, 3.8) is 0 Å². The zero-order valence-electron chi connectivity index (χ0n) is 3.97. The molecule has 0 radical (unpaired) electrons. The van der Waals surface area contributed by atoms with Gasteiger partial charge in [0, 0.05) is 0 Å². The van der Waals surface area contributed by atoms with Crippen LogP contribution in [0.15, 0.2) is 0 Å². The first-order chi connectivity index (χ1) is 3.81. The first kappa shape index (κ1) is 9.68. The van der Waals surface area contributed by atoms with Gasteiger partial charge in [-0.3, -0.25) is 0 Å². The molecule has 0 spiro atoms. The minimum Gasteiger partial charge on any atom is -0.248 e. The maximum Gasteiger partial charge on any atom is 0.416 e.